The fourth-order valence-corrected chi connectivity index (χ4v) is 4.01. The molecular formula is C23H25ClN4O3S. The van der Waals surface area contributed by atoms with E-state index < -0.39 is 6.04 Å². The maximum absolute atomic E-state index is 13.2. The molecule has 2 aromatic carbocycles. The first-order chi connectivity index (χ1) is 15.4. The number of carbonyl (C=O) groups is 1. The number of nitrogens with one attached hydrogen (secondary N) is 1. The van der Waals surface area contributed by atoms with Crippen molar-refractivity contribution < 1.29 is 14.3 Å². The van der Waals surface area contributed by atoms with E-state index >= 15 is 0 Å². The Morgan fingerprint density at radius 2 is 1.94 bits per heavy atom. The monoisotopic (exact) mass is 472 g/mol. The topological polar surface area (TPSA) is 78.3 Å². The summed E-state index contributed by atoms with van der Waals surface area (Å²) in [6, 6.07) is 14.6. The lowest BCUT2D eigenvalue weighted by molar-refractivity contribution is 0.0931. The summed E-state index contributed by atoms with van der Waals surface area (Å²) in [4.78, 5) is 13.2. The number of rotatable bonds is 10. The van der Waals surface area contributed by atoms with Crippen LogP contribution in [0, 0.1) is 0 Å². The normalized spacial score (nSPS) is 11.6. The van der Waals surface area contributed by atoms with Crippen LogP contribution in [0.15, 0.2) is 65.3 Å². The molecule has 1 N–H and O–H groups in total. The highest BCUT2D eigenvalue weighted by molar-refractivity contribution is 7.99. The van der Waals surface area contributed by atoms with Crippen molar-refractivity contribution in [2.75, 3.05) is 20.0 Å². The second-order valence-electron chi connectivity index (χ2n) is 6.99. The quantitative estimate of drug-likeness (QED) is 0.441. The van der Waals surface area contributed by atoms with Crippen LogP contribution in [0.4, 0.5) is 0 Å². The lowest BCUT2D eigenvalue weighted by atomic mass is 10.0. The molecule has 0 aliphatic carbocycles. The molecule has 7 nitrogen and oxygen atoms in total. The van der Waals surface area contributed by atoms with E-state index in [1.54, 1.807) is 25.3 Å². The van der Waals surface area contributed by atoms with E-state index in [9.17, 15) is 4.79 Å². The number of aromatic nitrogens is 3. The molecule has 0 saturated carbocycles. The SMILES string of the molecule is C=C(Cl)CSc1nnc(C(Cc2ccccc2)NC(=O)c2ccc(OC)cc2OC)n1C. The lowest BCUT2D eigenvalue weighted by Crippen LogP contribution is -2.32. The number of carbonyl (C=O) groups excluding carboxylic acids is 1. The first-order valence-electron chi connectivity index (χ1n) is 9.85. The maximum atomic E-state index is 13.2. The summed E-state index contributed by atoms with van der Waals surface area (Å²) in [6.45, 7) is 3.71. The molecule has 0 aliphatic rings. The van der Waals surface area contributed by atoms with Crippen LogP contribution in [-0.2, 0) is 13.5 Å². The van der Waals surface area contributed by atoms with Crippen molar-refractivity contribution in [2.24, 2.45) is 7.05 Å². The van der Waals surface area contributed by atoms with Gasteiger partial charge in [-0.25, -0.2) is 0 Å². The van der Waals surface area contributed by atoms with Crippen LogP contribution in [-0.4, -0.2) is 40.6 Å². The van der Waals surface area contributed by atoms with Crippen LogP contribution in [0.1, 0.15) is 27.8 Å². The molecule has 1 aromatic heterocycles. The van der Waals surface area contributed by atoms with Gasteiger partial charge in [0.15, 0.2) is 11.0 Å². The number of benzene rings is 2. The van der Waals surface area contributed by atoms with Gasteiger partial charge in [-0.3, -0.25) is 4.79 Å². The van der Waals surface area contributed by atoms with E-state index in [2.05, 4.69) is 22.1 Å². The summed E-state index contributed by atoms with van der Waals surface area (Å²) in [5.74, 6) is 1.91. The summed E-state index contributed by atoms with van der Waals surface area (Å²) in [7, 11) is 4.95. The Morgan fingerprint density at radius 3 is 2.59 bits per heavy atom. The van der Waals surface area contributed by atoms with E-state index in [-0.39, 0.29) is 5.91 Å². The molecular weight excluding hydrogens is 448 g/mol. The highest BCUT2D eigenvalue weighted by Gasteiger charge is 2.24. The highest BCUT2D eigenvalue weighted by Crippen LogP contribution is 2.27. The number of hydrogen-bond donors (Lipinski definition) is 1. The Balaban J connectivity index is 1.90. The average Bonchev–Trinajstić information content (AvgIpc) is 3.17. The molecule has 0 aliphatic heterocycles. The Morgan fingerprint density at radius 1 is 1.19 bits per heavy atom. The van der Waals surface area contributed by atoms with Crippen molar-refractivity contribution in [3.05, 3.63) is 77.1 Å². The van der Waals surface area contributed by atoms with E-state index in [0.29, 0.717) is 45.2 Å². The maximum Gasteiger partial charge on any atom is 0.255 e. The van der Waals surface area contributed by atoms with Gasteiger partial charge >= 0.3 is 0 Å². The Kier molecular flexibility index (Phi) is 8.19. The van der Waals surface area contributed by atoms with Gasteiger partial charge in [-0.05, 0) is 24.1 Å². The summed E-state index contributed by atoms with van der Waals surface area (Å²) in [6.07, 6.45) is 0.546. The molecule has 3 rings (SSSR count). The Hall–Kier alpha value is -2.97. The van der Waals surface area contributed by atoms with Gasteiger partial charge in [-0.2, -0.15) is 0 Å². The van der Waals surface area contributed by atoms with Gasteiger partial charge in [-0.1, -0.05) is 60.3 Å². The van der Waals surface area contributed by atoms with E-state index in [1.807, 2.05) is 41.9 Å². The molecule has 1 amide bonds. The molecule has 168 valence electrons. The van der Waals surface area contributed by atoms with Crippen LogP contribution in [0.3, 0.4) is 0 Å². The molecule has 0 fully saturated rings. The van der Waals surface area contributed by atoms with Gasteiger partial charge in [0.2, 0.25) is 0 Å². The number of hydrogen-bond acceptors (Lipinski definition) is 6. The first-order valence-corrected chi connectivity index (χ1v) is 11.2. The van der Waals surface area contributed by atoms with Crippen molar-refractivity contribution >= 4 is 29.3 Å². The summed E-state index contributed by atoms with van der Waals surface area (Å²) in [5, 5.41) is 12.9. The van der Waals surface area contributed by atoms with Crippen molar-refractivity contribution in [3.8, 4) is 11.5 Å². The standard InChI is InChI=1S/C23H25ClN4O3S/c1-15(24)14-32-23-27-26-21(28(23)2)19(12-16-8-6-5-7-9-16)25-22(29)18-11-10-17(30-3)13-20(18)31-4/h5-11,13,19H,1,12,14H2,2-4H3,(H,25,29). The number of methoxy groups -OCH3 is 2. The van der Waals surface area contributed by atoms with Gasteiger partial charge in [-0.15, -0.1) is 10.2 Å². The third kappa shape index (κ3) is 5.83. The van der Waals surface area contributed by atoms with E-state index in [4.69, 9.17) is 21.1 Å². The molecule has 9 heteroatoms. The fourth-order valence-electron chi connectivity index (χ4n) is 3.18. The van der Waals surface area contributed by atoms with Gasteiger partial charge in [0, 0.05) is 23.9 Å². The number of nitrogens with zero attached hydrogens (tertiary/aromatic N) is 3. The van der Waals surface area contributed by atoms with Crippen molar-refractivity contribution in [1.82, 2.24) is 20.1 Å². The summed E-state index contributed by atoms with van der Waals surface area (Å²) in [5.41, 5.74) is 1.47. The van der Waals surface area contributed by atoms with Gasteiger partial charge < -0.3 is 19.4 Å². The van der Waals surface area contributed by atoms with Crippen molar-refractivity contribution in [1.29, 1.82) is 0 Å². The van der Waals surface area contributed by atoms with Gasteiger partial charge in [0.1, 0.15) is 11.5 Å². The lowest BCUT2D eigenvalue weighted by Gasteiger charge is -2.19. The molecule has 1 unspecified atom stereocenters. The Labute approximate surface area is 196 Å². The number of ether oxygens (including phenoxy) is 2. The van der Waals surface area contributed by atoms with Crippen LogP contribution >= 0.6 is 23.4 Å². The predicted octanol–water partition coefficient (Wildman–Crippen LogP) is 4.39. The summed E-state index contributed by atoms with van der Waals surface area (Å²) < 4.78 is 12.5. The van der Waals surface area contributed by atoms with Crippen molar-refractivity contribution in [2.45, 2.75) is 17.6 Å². The molecule has 1 atom stereocenters. The van der Waals surface area contributed by atoms with Crippen LogP contribution in [0.5, 0.6) is 11.5 Å². The van der Waals surface area contributed by atoms with E-state index in [0.717, 1.165) is 5.56 Å². The molecule has 0 radical (unpaired) electrons. The zero-order chi connectivity index (χ0) is 23.1. The molecule has 3 aromatic rings. The molecule has 1 heterocycles. The molecule has 0 saturated heterocycles. The van der Waals surface area contributed by atoms with Crippen LogP contribution < -0.4 is 14.8 Å². The minimum Gasteiger partial charge on any atom is -0.497 e. The van der Waals surface area contributed by atoms with Crippen LogP contribution in [0.25, 0.3) is 0 Å². The smallest absolute Gasteiger partial charge is 0.255 e. The van der Waals surface area contributed by atoms with E-state index in [1.165, 1.54) is 18.9 Å². The minimum atomic E-state index is -0.414. The second-order valence-corrected chi connectivity index (χ2v) is 8.46. The first kappa shape index (κ1) is 23.7. The van der Waals surface area contributed by atoms with Crippen LogP contribution in [0.2, 0.25) is 0 Å². The second kappa shape index (κ2) is 11.1. The predicted molar refractivity (Wildman–Crippen MR) is 127 cm³/mol. The number of thioether (sulfide) groups is 1. The van der Waals surface area contributed by atoms with Crippen molar-refractivity contribution in [3.63, 3.8) is 0 Å². The largest absolute Gasteiger partial charge is 0.497 e. The Bertz CT molecular complexity index is 1090. The number of amides is 1. The summed E-state index contributed by atoms with van der Waals surface area (Å²) >= 11 is 7.33. The molecule has 0 bridgehead atoms. The average molecular weight is 473 g/mol. The third-order valence-electron chi connectivity index (χ3n) is 4.78. The highest BCUT2D eigenvalue weighted by atomic mass is 35.5. The number of halogens is 1. The fraction of sp³-hybridized carbons (Fsp3) is 0.261. The molecule has 32 heavy (non-hydrogen) atoms. The zero-order valence-corrected chi connectivity index (χ0v) is 19.7. The van der Waals surface area contributed by atoms with Gasteiger partial charge in [0.05, 0.1) is 25.8 Å². The minimum absolute atomic E-state index is 0.281. The zero-order valence-electron chi connectivity index (χ0n) is 18.2. The third-order valence-corrected chi connectivity index (χ3v) is 6.18. The molecule has 0 spiro atoms. The van der Waals surface area contributed by atoms with Gasteiger partial charge in [0.25, 0.3) is 5.91 Å².